The van der Waals surface area contributed by atoms with Crippen molar-refractivity contribution in [3.8, 4) is 5.88 Å². The SMILES string of the molecule is NCC1(CC(=O)OCc2cccc(O[N+](=O)[O-])n2)CCCCC1. The highest BCUT2D eigenvalue weighted by molar-refractivity contribution is 5.70. The lowest BCUT2D eigenvalue weighted by Crippen LogP contribution is -2.35. The van der Waals surface area contributed by atoms with Crippen LogP contribution in [0.2, 0.25) is 0 Å². The van der Waals surface area contributed by atoms with E-state index in [4.69, 9.17) is 10.5 Å². The van der Waals surface area contributed by atoms with Gasteiger partial charge in [0.05, 0.1) is 12.1 Å². The average molecular weight is 323 g/mol. The molecule has 0 aromatic carbocycles. The van der Waals surface area contributed by atoms with Crippen LogP contribution in [0.5, 0.6) is 5.88 Å². The molecule has 0 radical (unpaired) electrons. The van der Waals surface area contributed by atoms with Crippen LogP contribution in [0.1, 0.15) is 44.2 Å². The number of rotatable bonds is 7. The predicted molar refractivity (Wildman–Crippen MR) is 80.8 cm³/mol. The lowest BCUT2D eigenvalue weighted by atomic mass is 9.72. The molecule has 1 aliphatic rings. The first-order valence-electron chi connectivity index (χ1n) is 7.67. The normalized spacial score (nSPS) is 16.6. The summed E-state index contributed by atoms with van der Waals surface area (Å²) in [6, 6.07) is 4.52. The van der Waals surface area contributed by atoms with Crippen molar-refractivity contribution in [1.29, 1.82) is 0 Å². The number of pyridine rings is 1. The van der Waals surface area contributed by atoms with Gasteiger partial charge in [0.15, 0.2) is 0 Å². The minimum absolute atomic E-state index is 0.0472. The third-order valence-corrected chi connectivity index (χ3v) is 4.20. The number of esters is 1. The fourth-order valence-corrected chi connectivity index (χ4v) is 2.93. The van der Waals surface area contributed by atoms with Crippen LogP contribution in [-0.4, -0.2) is 22.6 Å². The van der Waals surface area contributed by atoms with Crippen LogP contribution in [0.15, 0.2) is 18.2 Å². The van der Waals surface area contributed by atoms with Crippen molar-refractivity contribution in [2.75, 3.05) is 6.54 Å². The minimum atomic E-state index is -0.938. The molecule has 0 aliphatic heterocycles. The van der Waals surface area contributed by atoms with Gasteiger partial charge in [-0.2, -0.15) is 0 Å². The fourth-order valence-electron chi connectivity index (χ4n) is 2.93. The van der Waals surface area contributed by atoms with Gasteiger partial charge in [-0.25, -0.2) is 4.98 Å². The van der Waals surface area contributed by atoms with Gasteiger partial charge in [0.1, 0.15) is 6.61 Å². The first-order chi connectivity index (χ1) is 11.0. The van der Waals surface area contributed by atoms with Crippen LogP contribution in [0.4, 0.5) is 0 Å². The fraction of sp³-hybridized carbons (Fsp3) is 0.600. The molecule has 0 spiro atoms. The highest BCUT2D eigenvalue weighted by Crippen LogP contribution is 2.38. The largest absolute Gasteiger partial charge is 0.459 e. The zero-order chi connectivity index (χ0) is 16.7. The van der Waals surface area contributed by atoms with Crippen molar-refractivity contribution in [3.05, 3.63) is 34.0 Å². The van der Waals surface area contributed by atoms with Crippen LogP contribution in [0.3, 0.4) is 0 Å². The van der Waals surface area contributed by atoms with E-state index >= 15 is 0 Å². The molecule has 1 aromatic heterocycles. The molecular formula is C15H21N3O5. The lowest BCUT2D eigenvalue weighted by Gasteiger charge is -2.35. The van der Waals surface area contributed by atoms with Gasteiger partial charge in [-0.05, 0) is 36.9 Å². The number of aromatic nitrogens is 1. The smallest absolute Gasteiger partial charge is 0.306 e. The van der Waals surface area contributed by atoms with Crippen molar-refractivity contribution in [2.45, 2.75) is 45.1 Å². The number of nitrogens with two attached hydrogens (primary N) is 1. The summed E-state index contributed by atoms with van der Waals surface area (Å²) in [4.78, 5) is 30.5. The Labute approximate surface area is 134 Å². The molecule has 1 saturated carbocycles. The quantitative estimate of drug-likeness (QED) is 0.463. The Bertz CT molecular complexity index is 558. The molecular weight excluding hydrogens is 302 g/mol. The maximum absolute atomic E-state index is 12.1. The van der Waals surface area contributed by atoms with Gasteiger partial charge in [-0.1, -0.05) is 25.3 Å². The Kier molecular flexibility index (Phi) is 5.86. The first-order valence-corrected chi connectivity index (χ1v) is 7.67. The zero-order valence-corrected chi connectivity index (χ0v) is 12.9. The zero-order valence-electron chi connectivity index (χ0n) is 12.9. The molecule has 8 heteroatoms. The first kappa shape index (κ1) is 17.1. The maximum Gasteiger partial charge on any atom is 0.306 e. The number of carbonyl (C=O) groups is 1. The van der Waals surface area contributed by atoms with Crippen LogP contribution in [0.25, 0.3) is 0 Å². The van der Waals surface area contributed by atoms with Crippen LogP contribution < -0.4 is 10.6 Å². The van der Waals surface area contributed by atoms with Crippen molar-refractivity contribution in [2.24, 2.45) is 11.1 Å². The summed E-state index contributed by atoms with van der Waals surface area (Å²) >= 11 is 0. The molecule has 0 bridgehead atoms. The van der Waals surface area contributed by atoms with E-state index in [9.17, 15) is 14.9 Å². The molecule has 8 nitrogen and oxygen atoms in total. The summed E-state index contributed by atoms with van der Waals surface area (Å²) in [5.74, 6) is -0.464. The van der Waals surface area contributed by atoms with Gasteiger partial charge in [0, 0.05) is 0 Å². The van der Waals surface area contributed by atoms with Crippen LogP contribution in [-0.2, 0) is 16.1 Å². The minimum Gasteiger partial charge on any atom is -0.459 e. The second-order valence-corrected chi connectivity index (χ2v) is 5.88. The van der Waals surface area contributed by atoms with E-state index in [1.54, 1.807) is 12.1 Å². The Morgan fingerprint density at radius 2 is 2.09 bits per heavy atom. The molecule has 126 valence electrons. The molecule has 2 rings (SSSR count). The average Bonchev–Trinajstić information content (AvgIpc) is 2.53. The molecule has 0 atom stereocenters. The van der Waals surface area contributed by atoms with E-state index in [1.807, 2.05) is 0 Å². The van der Waals surface area contributed by atoms with E-state index in [2.05, 4.69) is 9.82 Å². The Morgan fingerprint density at radius 1 is 1.35 bits per heavy atom. The number of carbonyl (C=O) groups excluding carboxylic acids is 1. The third-order valence-electron chi connectivity index (χ3n) is 4.20. The van der Waals surface area contributed by atoms with Gasteiger partial charge >= 0.3 is 11.1 Å². The molecule has 1 aliphatic carbocycles. The molecule has 1 aromatic rings. The van der Waals surface area contributed by atoms with E-state index in [1.165, 1.54) is 12.5 Å². The molecule has 1 fully saturated rings. The summed E-state index contributed by atoms with van der Waals surface area (Å²) in [6.07, 6.45) is 5.56. The number of ether oxygens (including phenoxy) is 1. The lowest BCUT2D eigenvalue weighted by molar-refractivity contribution is -0.712. The van der Waals surface area contributed by atoms with Crippen LogP contribution in [0, 0.1) is 15.5 Å². The van der Waals surface area contributed by atoms with Crippen molar-refractivity contribution >= 4 is 5.97 Å². The summed E-state index contributed by atoms with van der Waals surface area (Å²) in [5, 5.41) is 9.34. The Morgan fingerprint density at radius 3 is 2.74 bits per heavy atom. The van der Waals surface area contributed by atoms with Gasteiger partial charge in [-0.3, -0.25) is 9.63 Å². The molecule has 0 saturated heterocycles. The third kappa shape index (κ3) is 5.17. The standard InChI is InChI=1S/C15H21N3O5/c16-11-15(7-2-1-3-8-15)9-14(19)22-10-12-5-4-6-13(17-12)23-18(20)21/h4-6H,1-3,7-11,16H2. The topological polar surface area (TPSA) is 118 Å². The van der Waals surface area contributed by atoms with Crippen LogP contribution >= 0.6 is 0 Å². The van der Waals surface area contributed by atoms with Crippen molar-refractivity contribution in [1.82, 2.24) is 4.98 Å². The van der Waals surface area contributed by atoms with E-state index in [0.29, 0.717) is 18.7 Å². The van der Waals surface area contributed by atoms with E-state index in [-0.39, 0.29) is 23.9 Å². The van der Waals surface area contributed by atoms with Gasteiger partial charge in [0.25, 0.3) is 0 Å². The molecule has 0 amide bonds. The summed E-state index contributed by atoms with van der Waals surface area (Å²) < 4.78 is 5.24. The van der Waals surface area contributed by atoms with Crippen molar-refractivity contribution in [3.63, 3.8) is 0 Å². The second-order valence-electron chi connectivity index (χ2n) is 5.88. The monoisotopic (exact) mass is 323 g/mol. The highest BCUT2D eigenvalue weighted by atomic mass is 17.0. The number of hydrogen-bond donors (Lipinski definition) is 1. The van der Waals surface area contributed by atoms with Gasteiger partial charge < -0.3 is 10.5 Å². The van der Waals surface area contributed by atoms with Crippen molar-refractivity contribution < 1.29 is 19.5 Å². The van der Waals surface area contributed by atoms with Gasteiger partial charge in [-0.15, -0.1) is 10.1 Å². The second kappa shape index (κ2) is 7.87. The van der Waals surface area contributed by atoms with E-state index < -0.39 is 5.09 Å². The Balaban J connectivity index is 1.87. The Hall–Kier alpha value is -2.22. The van der Waals surface area contributed by atoms with E-state index in [0.717, 1.165) is 25.7 Å². The number of nitrogens with zero attached hydrogens (tertiary/aromatic N) is 2. The van der Waals surface area contributed by atoms with Gasteiger partial charge in [0.2, 0.25) is 5.88 Å². The molecule has 23 heavy (non-hydrogen) atoms. The summed E-state index contributed by atoms with van der Waals surface area (Å²) in [5.41, 5.74) is 6.10. The molecule has 2 N–H and O–H groups in total. The summed E-state index contributed by atoms with van der Waals surface area (Å²) in [6.45, 7) is 0.431. The number of hydrogen-bond acceptors (Lipinski definition) is 7. The predicted octanol–water partition coefficient (Wildman–Crippen LogP) is 1.99. The molecule has 1 heterocycles. The maximum atomic E-state index is 12.1. The summed E-state index contributed by atoms with van der Waals surface area (Å²) in [7, 11) is 0. The molecule has 0 unspecified atom stereocenters. The highest BCUT2D eigenvalue weighted by Gasteiger charge is 2.33.